The van der Waals surface area contributed by atoms with E-state index in [0.717, 1.165) is 18.8 Å². The summed E-state index contributed by atoms with van der Waals surface area (Å²) in [5, 5.41) is 2.01. The first-order chi connectivity index (χ1) is 6.84. The molecule has 1 fully saturated rings. The monoisotopic (exact) mass is 192 g/mol. The third-order valence-corrected chi connectivity index (χ3v) is 2.40. The van der Waals surface area contributed by atoms with Crippen molar-refractivity contribution in [3.05, 3.63) is 23.9 Å². The summed E-state index contributed by atoms with van der Waals surface area (Å²) in [6.07, 6.45) is 3.78. The van der Waals surface area contributed by atoms with Crippen molar-refractivity contribution in [3.8, 4) is 5.88 Å². The van der Waals surface area contributed by atoms with Crippen LogP contribution in [-0.4, -0.2) is 23.1 Å². The van der Waals surface area contributed by atoms with Gasteiger partial charge in [0, 0.05) is 24.8 Å². The van der Waals surface area contributed by atoms with Crippen molar-refractivity contribution in [2.75, 3.05) is 13.1 Å². The number of hydrogen-bond acceptors (Lipinski definition) is 3. The van der Waals surface area contributed by atoms with Gasteiger partial charge >= 0.3 is 0 Å². The molecule has 76 valence electrons. The van der Waals surface area contributed by atoms with E-state index >= 15 is 0 Å². The van der Waals surface area contributed by atoms with E-state index in [2.05, 4.69) is 4.98 Å². The number of piperidine rings is 1. The largest absolute Gasteiger partial charge is 0.386 e. The van der Waals surface area contributed by atoms with Crippen LogP contribution in [0.25, 0.3) is 0 Å². The molecule has 0 radical (unpaired) electrons. The van der Waals surface area contributed by atoms with Gasteiger partial charge in [0.2, 0.25) is 5.88 Å². The standard InChI is InChI=1S/C11H16N2O/c1-10-6-5-7-11(12-10)14-13-8-3-2-4-9-13/h5-7H,2-4,8-9H2,1H3. The Hall–Kier alpha value is -1.09. The minimum absolute atomic E-state index is 0.715. The summed E-state index contributed by atoms with van der Waals surface area (Å²) in [7, 11) is 0. The molecule has 0 N–H and O–H groups in total. The van der Waals surface area contributed by atoms with Gasteiger partial charge in [0.25, 0.3) is 0 Å². The number of aryl methyl sites for hydroxylation is 1. The Kier molecular flexibility index (Phi) is 2.99. The molecule has 1 aliphatic heterocycles. The maximum atomic E-state index is 5.66. The fourth-order valence-corrected chi connectivity index (χ4v) is 1.66. The van der Waals surface area contributed by atoms with Crippen molar-refractivity contribution < 1.29 is 4.84 Å². The molecule has 1 saturated heterocycles. The highest BCUT2D eigenvalue weighted by Crippen LogP contribution is 2.13. The van der Waals surface area contributed by atoms with E-state index in [0.29, 0.717) is 5.88 Å². The van der Waals surface area contributed by atoms with Gasteiger partial charge in [-0.1, -0.05) is 12.5 Å². The first kappa shape index (κ1) is 9.46. The second kappa shape index (κ2) is 4.42. The number of aromatic nitrogens is 1. The summed E-state index contributed by atoms with van der Waals surface area (Å²) >= 11 is 0. The molecule has 1 aromatic rings. The first-order valence-electron chi connectivity index (χ1n) is 5.21. The topological polar surface area (TPSA) is 25.4 Å². The van der Waals surface area contributed by atoms with Crippen LogP contribution in [0, 0.1) is 6.92 Å². The lowest BCUT2D eigenvalue weighted by molar-refractivity contribution is -0.0758. The Bertz CT molecular complexity index is 295. The van der Waals surface area contributed by atoms with Crippen LogP contribution < -0.4 is 4.84 Å². The van der Waals surface area contributed by atoms with Crippen LogP contribution in [0.2, 0.25) is 0 Å². The van der Waals surface area contributed by atoms with Crippen LogP contribution in [0.5, 0.6) is 5.88 Å². The Morgan fingerprint density at radius 1 is 1.21 bits per heavy atom. The van der Waals surface area contributed by atoms with Crippen LogP contribution in [0.1, 0.15) is 25.0 Å². The Labute approximate surface area is 84.7 Å². The third kappa shape index (κ3) is 2.45. The van der Waals surface area contributed by atoms with Crippen LogP contribution >= 0.6 is 0 Å². The first-order valence-corrected chi connectivity index (χ1v) is 5.21. The number of hydroxylamine groups is 2. The van der Waals surface area contributed by atoms with Crippen molar-refractivity contribution >= 4 is 0 Å². The van der Waals surface area contributed by atoms with Gasteiger partial charge in [0.1, 0.15) is 0 Å². The fraction of sp³-hybridized carbons (Fsp3) is 0.545. The van der Waals surface area contributed by atoms with Gasteiger partial charge in [0.15, 0.2) is 0 Å². The maximum absolute atomic E-state index is 5.66. The number of pyridine rings is 1. The summed E-state index contributed by atoms with van der Waals surface area (Å²) in [6, 6.07) is 5.85. The van der Waals surface area contributed by atoms with Gasteiger partial charge in [-0.3, -0.25) is 0 Å². The van der Waals surface area contributed by atoms with E-state index in [1.165, 1.54) is 19.3 Å². The zero-order chi connectivity index (χ0) is 9.80. The summed E-state index contributed by atoms with van der Waals surface area (Å²) in [5.41, 5.74) is 1.000. The molecule has 0 spiro atoms. The van der Waals surface area contributed by atoms with E-state index in [9.17, 15) is 0 Å². The zero-order valence-electron chi connectivity index (χ0n) is 8.57. The van der Waals surface area contributed by atoms with E-state index < -0.39 is 0 Å². The SMILES string of the molecule is Cc1cccc(ON2CCCCC2)n1. The van der Waals surface area contributed by atoms with E-state index in [4.69, 9.17) is 4.84 Å². The minimum Gasteiger partial charge on any atom is -0.386 e. The molecule has 3 heteroatoms. The van der Waals surface area contributed by atoms with Crippen molar-refractivity contribution in [1.29, 1.82) is 0 Å². The number of nitrogens with zero attached hydrogens (tertiary/aromatic N) is 2. The summed E-state index contributed by atoms with van der Waals surface area (Å²) < 4.78 is 0. The quantitative estimate of drug-likeness (QED) is 0.718. The Morgan fingerprint density at radius 3 is 2.71 bits per heavy atom. The lowest BCUT2D eigenvalue weighted by atomic mass is 10.2. The highest BCUT2D eigenvalue weighted by molar-refractivity contribution is 5.14. The van der Waals surface area contributed by atoms with Crippen LogP contribution in [-0.2, 0) is 0 Å². The average molecular weight is 192 g/mol. The van der Waals surface area contributed by atoms with Crippen LogP contribution in [0.3, 0.4) is 0 Å². The molecule has 0 aliphatic carbocycles. The van der Waals surface area contributed by atoms with E-state index in [1.807, 2.05) is 30.2 Å². The highest BCUT2D eigenvalue weighted by atomic mass is 16.7. The molecule has 2 rings (SSSR count). The predicted octanol–water partition coefficient (Wildman–Crippen LogP) is 2.17. The maximum Gasteiger partial charge on any atom is 0.238 e. The summed E-state index contributed by atoms with van der Waals surface area (Å²) in [5.74, 6) is 0.715. The van der Waals surface area contributed by atoms with Gasteiger partial charge in [-0.25, -0.2) is 4.98 Å². The third-order valence-electron chi connectivity index (χ3n) is 2.40. The normalized spacial score (nSPS) is 18.1. The van der Waals surface area contributed by atoms with E-state index in [-0.39, 0.29) is 0 Å². The number of rotatable bonds is 2. The molecule has 0 bridgehead atoms. The summed E-state index contributed by atoms with van der Waals surface area (Å²) in [6.45, 7) is 4.02. The van der Waals surface area contributed by atoms with Crippen molar-refractivity contribution in [2.24, 2.45) is 0 Å². The molecule has 0 aromatic carbocycles. The van der Waals surface area contributed by atoms with Gasteiger partial charge in [-0.05, 0) is 25.8 Å². The van der Waals surface area contributed by atoms with E-state index in [1.54, 1.807) is 0 Å². The molecule has 0 amide bonds. The molecule has 0 atom stereocenters. The predicted molar refractivity (Wildman–Crippen MR) is 55.0 cm³/mol. The van der Waals surface area contributed by atoms with Gasteiger partial charge in [-0.2, -0.15) is 0 Å². The van der Waals surface area contributed by atoms with Crippen molar-refractivity contribution in [1.82, 2.24) is 10.0 Å². The zero-order valence-corrected chi connectivity index (χ0v) is 8.57. The Balaban J connectivity index is 1.95. The summed E-state index contributed by atoms with van der Waals surface area (Å²) in [4.78, 5) is 9.96. The molecule has 3 nitrogen and oxygen atoms in total. The molecular formula is C11H16N2O. The second-order valence-corrected chi connectivity index (χ2v) is 3.70. The average Bonchev–Trinajstić information content (AvgIpc) is 2.19. The van der Waals surface area contributed by atoms with Crippen molar-refractivity contribution in [2.45, 2.75) is 26.2 Å². The lowest BCUT2D eigenvalue weighted by Crippen LogP contribution is -2.33. The number of hydrogen-bond donors (Lipinski definition) is 0. The molecule has 0 saturated carbocycles. The smallest absolute Gasteiger partial charge is 0.238 e. The highest BCUT2D eigenvalue weighted by Gasteiger charge is 2.11. The second-order valence-electron chi connectivity index (χ2n) is 3.70. The van der Waals surface area contributed by atoms with Gasteiger partial charge in [-0.15, -0.1) is 5.06 Å². The van der Waals surface area contributed by atoms with Gasteiger partial charge in [0.05, 0.1) is 0 Å². The minimum atomic E-state index is 0.715. The lowest BCUT2D eigenvalue weighted by Gasteiger charge is -2.25. The molecule has 2 heterocycles. The molecule has 1 aliphatic rings. The van der Waals surface area contributed by atoms with Gasteiger partial charge < -0.3 is 4.84 Å². The molecule has 0 unspecified atom stereocenters. The Morgan fingerprint density at radius 2 is 2.00 bits per heavy atom. The van der Waals surface area contributed by atoms with Crippen LogP contribution in [0.15, 0.2) is 18.2 Å². The fourth-order valence-electron chi connectivity index (χ4n) is 1.66. The van der Waals surface area contributed by atoms with Crippen molar-refractivity contribution in [3.63, 3.8) is 0 Å². The molecular weight excluding hydrogens is 176 g/mol. The van der Waals surface area contributed by atoms with Crippen LogP contribution in [0.4, 0.5) is 0 Å². The molecule has 1 aromatic heterocycles. The molecule has 14 heavy (non-hydrogen) atoms.